The van der Waals surface area contributed by atoms with Crippen LogP contribution < -0.4 is 0 Å². The highest BCUT2D eigenvalue weighted by Crippen LogP contribution is 2.20. The minimum atomic E-state index is 1.13. The summed E-state index contributed by atoms with van der Waals surface area (Å²) in [4.78, 5) is 0. The van der Waals surface area contributed by atoms with E-state index in [4.69, 9.17) is 0 Å². The van der Waals surface area contributed by atoms with E-state index in [2.05, 4.69) is 51.3 Å². The highest BCUT2D eigenvalue weighted by molar-refractivity contribution is 5.63. The minimum absolute atomic E-state index is 1.13. The zero-order chi connectivity index (χ0) is 14.1. The van der Waals surface area contributed by atoms with Crippen LogP contribution in [-0.2, 0) is 0 Å². The van der Waals surface area contributed by atoms with Crippen LogP contribution in [0.2, 0.25) is 0 Å². The predicted molar refractivity (Wildman–Crippen MR) is 87.3 cm³/mol. The van der Waals surface area contributed by atoms with E-state index in [-0.39, 0.29) is 0 Å². The number of allylic oxidation sites excluding steroid dienone is 2. The Hall–Kier alpha value is -1.30. The largest absolute Gasteiger partial charge is 0.100 e. The van der Waals surface area contributed by atoms with Crippen molar-refractivity contribution < 1.29 is 0 Å². The maximum atomic E-state index is 4.21. The standard InChI is InChI=1S/C19H28/c1-16(2)11-8-6-5-7-9-13-18(4)19-14-10-12-17(3)15-19/h10,12,14-15H,1,4-9,11,13H2,2-3H3. The van der Waals surface area contributed by atoms with Gasteiger partial charge in [-0.3, -0.25) is 0 Å². The molecular weight excluding hydrogens is 228 g/mol. The number of hydrogen-bond donors (Lipinski definition) is 0. The Morgan fingerprint density at radius 2 is 1.58 bits per heavy atom. The molecule has 0 radical (unpaired) electrons. The van der Waals surface area contributed by atoms with Crippen molar-refractivity contribution in [2.75, 3.05) is 0 Å². The van der Waals surface area contributed by atoms with Crippen molar-refractivity contribution in [3.63, 3.8) is 0 Å². The van der Waals surface area contributed by atoms with Gasteiger partial charge in [-0.15, -0.1) is 6.58 Å². The second-order valence-electron chi connectivity index (χ2n) is 5.70. The second kappa shape index (κ2) is 8.74. The van der Waals surface area contributed by atoms with Crippen LogP contribution in [0.1, 0.15) is 63.0 Å². The van der Waals surface area contributed by atoms with E-state index in [1.54, 1.807) is 0 Å². The molecule has 0 aliphatic heterocycles. The summed E-state index contributed by atoms with van der Waals surface area (Å²) in [6.45, 7) is 12.4. The van der Waals surface area contributed by atoms with Crippen molar-refractivity contribution in [2.45, 2.75) is 58.8 Å². The summed E-state index contributed by atoms with van der Waals surface area (Å²) >= 11 is 0. The molecule has 0 amide bonds. The number of aryl methyl sites for hydroxylation is 1. The van der Waals surface area contributed by atoms with E-state index in [0.29, 0.717) is 0 Å². The Labute approximate surface area is 119 Å². The van der Waals surface area contributed by atoms with Crippen LogP contribution in [0.25, 0.3) is 5.57 Å². The summed E-state index contributed by atoms with van der Waals surface area (Å²) in [5, 5.41) is 0. The van der Waals surface area contributed by atoms with Gasteiger partial charge in [0.2, 0.25) is 0 Å². The molecule has 0 saturated carbocycles. The van der Waals surface area contributed by atoms with E-state index in [1.165, 1.54) is 60.8 Å². The van der Waals surface area contributed by atoms with E-state index >= 15 is 0 Å². The van der Waals surface area contributed by atoms with Gasteiger partial charge in [0.15, 0.2) is 0 Å². The fourth-order valence-electron chi connectivity index (χ4n) is 2.30. The summed E-state index contributed by atoms with van der Waals surface area (Å²) in [6, 6.07) is 8.66. The molecule has 1 aromatic rings. The molecular formula is C19H28. The van der Waals surface area contributed by atoms with Crippen molar-refractivity contribution in [3.05, 3.63) is 54.1 Å². The maximum absolute atomic E-state index is 4.21. The molecule has 19 heavy (non-hydrogen) atoms. The molecule has 0 nitrogen and oxygen atoms in total. The van der Waals surface area contributed by atoms with Gasteiger partial charge >= 0.3 is 0 Å². The summed E-state index contributed by atoms with van der Waals surface area (Å²) in [7, 11) is 0. The molecule has 0 aliphatic rings. The van der Waals surface area contributed by atoms with Gasteiger partial charge in [-0.1, -0.05) is 61.2 Å². The first-order valence-electron chi connectivity index (χ1n) is 7.49. The summed E-state index contributed by atoms with van der Waals surface area (Å²) in [6.07, 6.45) is 8.88. The van der Waals surface area contributed by atoms with Gasteiger partial charge in [0, 0.05) is 0 Å². The average molecular weight is 256 g/mol. The lowest BCUT2D eigenvalue weighted by Crippen LogP contribution is -1.86. The fourth-order valence-corrected chi connectivity index (χ4v) is 2.30. The highest BCUT2D eigenvalue weighted by atomic mass is 14.0. The summed E-state index contributed by atoms with van der Waals surface area (Å²) in [5.41, 5.74) is 5.22. The van der Waals surface area contributed by atoms with E-state index in [9.17, 15) is 0 Å². The molecule has 1 aromatic carbocycles. The van der Waals surface area contributed by atoms with Gasteiger partial charge in [0.05, 0.1) is 0 Å². The molecule has 104 valence electrons. The minimum Gasteiger partial charge on any atom is -0.100 e. The van der Waals surface area contributed by atoms with Crippen molar-refractivity contribution >= 4 is 5.57 Å². The molecule has 0 heterocycles. The molecule has 0 N–H and O–H groups in total. The van der Waals surface area contributed by atoms with E-state index in [1.807, 2.05) is 0 Å². The van der Waals surface area contributed by atoms with Gasteiger partial charge in [-0.05, 0) is 50.7 Å². The molecule has 0 saturated heterocycles. The Kier molecular flexibility index (Phi) is 7.25. The molecule has 0 atom stereocenters. The summed E-state index contributed by atoms with van der Waals surface area (Å²) in [5.74, 6) is 0. The first-order valence-corrected chi connectivity index (χ1v) is 7.49. The lowest BCUT2D eigenvalue weighted by molar-refractivity contribution is 0.619. The Balaban J connectivity index is 2.12. The SMILES string of the molecule is C=C(C)CCCCCCCC(=C)c1cccc(C)c1. The van der Waals surface area contributed by atoms with Crippen LogP contribution in [0.5, 0.6) is 0 Å². The van der Waals surface area contributed by atoms with E-state index < -0.39 is 0 Å². The molecule has 0 fully saturated rings. The average Bonchev–Trinajstić information content (AvgIpc) is 2.37. The van der Waals surface area contributed by atoms with Gasteiger partial charge in [0.1, 0.15) is 0 Å². The van der Waals surface area contributed by atoms with Crippen molar-refractivity contribution in [1.82, 2.24) is 0 Å². The van der Waals surface area contributed by atoms with Crippen LogP contribution in [-0.4, -0.2) is 0 Å². The van der Waals surface area contributed by atoms with Crippen LogP contribution in [0.4, 0.5) is 0 Å². The lowest BCUT2D eigenvalue weighted by Gasteiger charge is -2.07. The third-order valence-electron chi connectivity index (χ3n) is 3.51. The lowest BCUT2D eigenvalue weighted by atomic mass is 9.99. The quantitative estimate of drug-likeness (QED) is 0.358. The number of benzene rings is 1. The van der Waals surface area contributed by atoms with Crippen LogP contribution in [0, 0.1) is 6.92 Å². The van der Waals surface area contributed by atoms with Crippen molar-refractivity contribution in [2.24, 2.45) is 0 Å². The topological polar surface area (TPSA) is 0 Å². The Morgan fingerprint density at radius 3 is 2.21 bits per heavy atom. The molecule has 0 aliphatic carbocycles. The Morgan fingerprint density at radius 1 is 0.947 bits per heavy atom. The van der Waals surface area contributed by atoms with Crippen molar-refractivity contribution in [1.29, 1.82) is 0 Å². The summed E-state index contributed by atoms with van der Waals surface area (Å²) < 4.78 is 0. The van der Waals surface area contributed by atoms with Gasteiger partial charge in [-0.25, -0.2) is 0 Å². The van der Waals surface area contributed by atoms with Gasteiger partial charge in [0.25, 0.3) is 0 Å². The monoisotopic (exact) mass is 256 g/mol. The van der Waals surface area contributed by atoms with Crippen LogP contribution >= 0.6 is 0 Å². The van der Waals surface area contributed by atoms with E-state index in [0.717, 1.165) is 6.42 Å². The van der Waals surface area contributed by atoms with Gasteiger partial charge in [-0.2, -0.15) is 0 Å². The number of rotatable bonds is 9. The predicted octanol–water partition coefficient (Wildman–Crippen LogP) is 6.32. The van der Waals surface area contributed by atoms with Crippen molar-refractivity contribution in [3.8, 4) is 0 Å². The van der Waals surface area contributed by atoms with Gasteiger partial charge < -0.3 is 0 Å². The molecule has 0 aromatic heterocycles. The molecule has 0 unspecified atom stereocenters. The number of hydrogen-bond acceptors (Lipinski definition) is 0. The molecule has 0 spiro atoms. The third-order valence-corrected chi connectivity index (χ3v) is 3.51. The van der Waals surface area contributed by atoms with Crippen LogP contribution in [0.3, 0.4) is 0 Å². The third kappa shape index (κ3) is 7.00. The normalized spacial score (nSPS) is 10.4. The maximum Gasteiger partial charge on any atom is -0.0228 e. The Bertz CT molecular complexity index is 412. The second-order valence-corrected chi connectivity index (χ2v) is 5.70. The smallest absolute Gasteiger partial charge is 0.0228 e. The molecule has 0 heteroatoms. The molecule has 1 rings (SSSR count). The zero-order valence-corrected chi connectivity index (χ0v) is 12.7. The zero-order valence-electron chi connectivity index (χ0n) is 12.7. The number of unbranched alkanes of at least 4 members (excludes halogenated alkanes) is 4. The fraction of sp³-hybridized carbons (Fsp3) is 0.474. The molecule has 0 bridgehead atoms. The first kappa shape index (κ1) is 15.8. The van der Waals surface area contributed by atoms with Crippen LogP contribution in [0.15, 0.2) is 43.0 Å². The highest BCUT2D eigenvalue weighted by Gasteiger charge is 1.99. The first-order chi connectivity index (χ1) is 9.09.